The van der Waals surface area contributed by atoms with Crippen molar-refractivity contribution in [2.75, 3.05) is 6.54 Å². The zero-order valence-electron chi connectivity index (χ0n) is 14.7. The molecule has 4 nitrogen and oxygen atoms in total. The summed E-state index contributed by atoms with van der Waals surface area (Å²) in [5.74, 6) is 0. The lowest BCUT2D eigenvalue weighted by atomic mass is 9.98. The monoisotopic (exact) mass is 306 g/mol. The number of rotatable bonds is 4. The van der Waals surface area contributed by atoms with Crippen LogP contribution in [-0.2, 0) is 4.74 Å². The van der Waals surface area contributed by atoms with Crippen molar-refractivity contribution in [3.63, 3.8) is 0 Å². The molecule has 0 saturated carbocycles. The van der Waals surface area contributed by atoms with Gasteiger partial charge in [0.1, 0.15) is 5.60 Å². The van der Waals surface area contributed by atoms with Crippen molar-refractivity contribution in [1.29, 1.82) is 0 Å². The standard InChI is InChI=1S/C18H30N2O2/c1-6-19-15(2)11-7-8-12-16-13-9-10-14-20(16)17(21)22-18(3,4)5/h6-7,16H,8-10,12-14H2,1-5H3. The number of allylic oxidation sites excluding steroid dienone is 1. The Kier molecular flexibility index (Phi) is 7.40. The maximum atomic E-state index is 12.3. The fourth-order valence-electron chi connectivity index (χ4n) is 2.59. The fourth-order valence-corrected chi connectivity index (χ4v) is 2.59. The Morgan fingerprint density at radius 1 is 1.41 bits per heavy atom. The van der Waals surface area contributed by atoms with Crippen LogP contribution in [0, 0.1) is 0 Å². The van der Waals surface area contributed by atoms with Crippen molar-refractivity contribution in [1.82, 2.24) is 4.90 Å². The molecule has 0 aliphatic carbocycles. The van der Waals surface area contributed by atoms with Crippen LogP contribution in [0.15, 0.2) is 22.5 Å². The van der Waals surface area contributed by atoms with Gasteiger partial charge >= 0.3 is 6.09 Å². The van der Waals surface area contributed by atoms with E-state index in [2.05, 4.69) is 10.7 Å². The van der Waals surface area contributed by atoms with Gasteiger partial charge in [-0.2, -0.15) is 0 Å². The van der Waals surface area contributed by atoms with Crippen LogP contribution in [0.25, 0.3) is 0 Å². The maximum absolute atomic E-state index is 12.3. The quantitative estimate of drug-likeness (QED) is 0.558. The van der Waals surface area contributed by atoms with Crippen LogP contribution in [-0.4, -0.2) is 35.4 Å². The van der Waals surface area contributed by atoms with Crippen molar-refractivity contribution >= 4 is 12.3 Å². The van der Waals surface area contributed by atoms with Crippen molar-refractivity contribution in [3.8, 4) is 0 Å². The predicted octanol–water partition coefficient (Wildman–Crippen LogP) is 4.71. The van der Waals surface area contributed by atoms with Crippen molar-refractivity contribution in [2.24, 2.45) is 4.99 Å². The summed E-state index contributed by atoms with van der Waals surface area (Å²) in [6.07, 6.45) is 8.77. The highest BCUT2D eigenvalue weighted by molar-refractivity contribution is 5.68. The molecular formula is C18H30N2O2. The summed E-state index contributed by atoms with van der Waals surface area (Å²) < 4.78 is 5.52. The van der Waals surface area contributed by atoms with Crippen LogP contribution in [0.5, 0.6) is 0 Å². The number of likely N-dealkylation sites (tertiary alicyclic amines) is 1. The maximum Gasteiger partial charge on any atom is 0.410 e. The van der Waals surface area contributed by atoms with Crippen LogP contribution in [0.2, 0.25) is 0 Å². The van der Waals surface area contributed by atoms with E-state index in [0.717, 1.165) is 37.9 Å². The second kappa shape index (κ2) is 8.79. The van der Waals surface area contributed by atoms with Crippen molar-refractivity contribution < 1.29 is 9.53 Å². The number of aliphatic imine (C=N–C) groups is 1. The molecule has 1 fully saturated rings. The van der Waals surface area contributed by atoms with Crippen LogP contribution < -0.4 is 0 Å². The minimum atomic E-state index is -0.434. The number of ether oxygens (including phenoxy) is 1. The zero-order chi connectivity index (χ0) is 16.6. The third-order valence-electron chi connectivity index (χ3n) is 3.53. The lowest BCUT2D eigenvalue weighted by Gasteiger charge is -2.36. The second-order valence-electron chi connectivity index (χ2n) is 6.72. The molecule has 0 aromatic rings. The van der Waals surface area contributed by atoms with E-state index in [4.69, 9.17) is 4.74 Å². The molecule has 1 aliphatic heterocycles. The average Bonchev–Trinajstić information content (AvgIpc) is 2.42. The van der Waals surface area contributed by atoms with E-state index in [0.29, 0.717) is 0 Å². The molecule has 124 valence electrons. The van der Waals surface area contributed by atoms with Crippen molar-refractivity contribution in [2.45, 2.75) is 78.4 Å². The van der Waals surface area contributed by atoms with E-state index in [-0.39, 0.29) is 12.1 Å². The largest absolute Gasteiger partial charge is 0.444 e. The molecule has 1 amide bonds. The molecule has 0 bridgehead atoms. The van der Waals surface area contributed by atoms with Crippen molar-refractivity contribution in [3.05, 3.63) is 17.5 Å². The van der Waals surface area contributed by atoms with Gasteiger partial charge in [-0.15, -0.1) is 5.73 Å². The molecule has 0 radical (unpaired) electrons. The van der Waals surface area contributed by atoms with Gasteiger partial charge in [0.05, 0.1) is 5.70 Å². The summed E-state index contributed by atoms with van der Waals surface area (Å²) in [6.45, 7) is 10.4. The molecule has 0 aromatic carbocycles. The van der Waals surface area contributed by atoms with Gasteiger partial charge in [0.15, 0.2) is 0 Å². The number of piperidine rings is 1. The number of nitrogens with zero attached hydrogens (tertiary/aromatic N) is 2. The molecule has 0 spiro atoms. The van der Waals surface area contributed by atoms with Gasteiger partial charge in [0.25, 0.3) is 0 Å². The van der Waals surface area contributed by atoms with Gasteiger partial charge in [-0.1, -0.05) is 0 Å². The first-order valence-electron chi connectivity index (χ1n) is 8.23. The Balaban J connectivity index is 2.59. The first-order valence-corrected chi connectivity index (χ1v) is 8.23. The zero-order valence-corrected chi connectivity index (χ0v) is 14.7. The Labute approximate surface area is 134 Å². The Bertz CT molecular complexity index is 454. The highest BCUT2D eigenvalue weighted by Crippen LogP contribution is 2.23. The summed E-state index contributed by atoms with van der Waals surface area (Å²) in [7, 11) is 0. The van der Waals surface area contributed by atoms with Gasteiger partial charge in [-0.25, -0.2) is 4.79 Å². The molecule has 1 rings (SSSR count). The third kappa shape index (κ3) is 6.95. The molecule has 1 saturated heterocycles. The molecule has 1 unspecified atom stereocenters. The predicted molar refractivity (Wildman–Crippen MR) is 91.2 cm³/mol. The minimum absolute atomic E-state index is 0.177. The van der Waals surface area contributed by atoms with Crippen LogP contribution in [0.1, 0.15) is 66.7 Å². The Hall–Kier alpha value is -1.54. The normalized spacial score (nSPS) is 19.0. The van der Waals surface area contributed by atoms with E-state index in [1.807, 2.05) is 45.6 Å². The first kappa shape index (κ1) is 18.5. The summed E-state index contributed by atoms with van der Waals surface area (Å²) in [6, 6.07) is 0.275. The van der Waals surface area contributed by atoms with Gasteiger partial charge < -0.3 is 9.64 Å². The molecular weight excluding hydrogens is 276 g/mol. The SMILES string of the molecule is CC=NC(C)=C=CCCC1CCCCN1C(=O)OC(C)(C)C. The molecule has 1 heterocycles. The summed E-state index contributed by atoms with van der Waals surface area (Å²) in [5.41, 5.74) is 3.62. The van der Waals surface area contributed by atoms with Crippen LogP contribution in [0.3, 0.4) is 0 Å². The number of carbonyl (C=O) groups excluding carboxylic acids is 1. The summed E-state index contributed by atoms with van der Waals surface area (Å²) in [4.78, 5) is 18.4. The highest BCUT2D eigenvalue weighted by Gasteiger charge is 2.29. The van der Waals surface area contributed by atoms with Gasteiger partial charge in [-0.3, -0.25) is 4.99 Å². The van der Waals surface area contributed by atoms with Gasteiger partial charge in [0, 0.05) is 18.8 Å². The summed E-state index contributed by atoms with van der Waals surface area (Å²) in [5, 5.41) is 0. The molecule has 22 heavy (non-hydrogen) atoms. The highest BCUT2D eigenvalue weighted by atomic mass is 16.6. The van der Waals surface area contributed by atoms with Gasteiger partial charge in [-0.05, 0) is 72.8 Å². The van der Waals surface area contributed by atoms with E-state index in [1.165, 1.54) is 6.42 Å². The first-order chi connectivity index (χ1) is 10.3. The van der Waals surface area contributed by atoms with Gasteiger partial charge in [0.2, 0.25) is 0 Å². The lowest BCUT2D eigenvalue weighted by Crippen LogP contribution is -2.46. The minimum Gasteiger partial charge on any atom is -0.444 e. The molecule has 1 atom stereocenters. The Morgan fingerprint density at radius 2 is 2.14 bits per heavy atom. The average molecular weight is 306 g/mol. The summed E-state index contributed by atoms with van der Waals surface area (Å²) >= 11 is 0. The van der Waals surface area contributed by atoms with Crippen LogP contribution in [0.4, 0.5) is 4.79 Å². The topological polar surface area (TPSA) is 41.9 Å². The number of amides is 1. The number of hydrogen-bond acceptors (Lipinski definition) is 3. The molecule has 0 N–H and O–H groups in total. The van der Waals surface area contributed by atoms with Crippen LogP contribution >= 0.6 is 0 Å². The number of hydrogen-bond donors (Lipinski definition) is 0. The Morgan fingerprint density at radius 3 is 2.77 bits per heavy atom. The van der Waals surface area contributed by atoms with E-state index in [1.54, 1.807) is 6.21 Å². The second-order valence-corrected chi connectivity index (χ2v) is 6.72. The lowest BCUT2D eigenvalue weighted by molar-refractivity contribution is 0.00899. The smallest absolute Gasteiger partial charge is 0.410 e. The fraction of sp³-hybridized carbons (Fsp3) is 0.722. The van der Waals surface area contributed by atoms with E-state index < -0.39 is 5.60 Å². The van der Waals surface area contributed by atoms with E-state index in [9.17, 15) is 4.79 Å². The third-order valence-corrected chi connectivity index (χ3v) is 3.53. The molecule has 0 aromatic heterocycles. The van der Waals surface area contributed by atoms with E-state index >= 15 is 0 Å². The molecule has 1 aliphatic rings. The molecule has 4 heteroatoms. The number of carbonyl (C=O) groups is 1.